The van der Waals surface area contributed by atoms with Crippen LogP contribution in [-0.2, 0) is 0 Å². The molecule has 1 aromatic carbocycles. The van der Waals surface area contributed by atoms with Gasteiger partial charge >= 0.3 is 11.1 Å². The van der Waals surface area contributed by atoms with Gasteiger partial charge in [0.2, 0.25) is 0 Å². The lowest BCUT2D eigenvalue weighted by molar-refractivity contribution is 0.399. The Morgan fingerprint density at radius 3 is 2.40 bits per heavy atom. The fourth-order valence-corrected chi connectivity index (χ4v) is 2.30. The number of aryl methyl sites for hydroxylation is 2. The predicted octanol–water partition coefficient (Wildman–Crippen LogP) is 1.80. The van der Waals surface area contributed by atoms with E-state index in [2.05, 4.69) is 15.1 Å². The van der Waals surface area contributed by atoms with Crippen LogP contribution in [0.1, 0.15) is 16.9 Å². The number of fused-ring (bicyclic) bond motifs is 1. The van der Waals surface area contributed by atoms with Gasteiger partial charge in [-0.3, -0.25) is 9.59 Å². The third kappa shape index (κ3) is 1.77. The normalized spacial score (nSPS) is 11.2. The summed E-state index contributed by atoms with van der Waals surface area (Å²) < 4.78 is 5.10. The number of nitrogens with zero attached hydrogens (tertiary/aromatic N) is 1. The molecule has 3 aromatic rings. The van der Waals surface area contributed by atoms with Gasteiger partial charge < -0.3 is 14.5 Å². The van der Waals surface area contributed by atoms with Gasteiger partial charge in [0, 0.05) is 11.6 Å². The van der Waals surface area contributed by atoms with Crippen molar-refractivity contribution in [2.45, 2.75) is 20.8 Å². The molecule has 0 aliphatic rings. The Labute approximate surface area is 113 Å². The fourth-order valence-electron chi connectivity index (χ4n) is 2.30. The van der Waals surface area contributed by atoms with Crippen molar-refractivity contribution < 1.29 is 4.52 Å². The first kappa shape index (κ1) is 12.4. The Morgan fingerprint density at radius 1 is 1.05 bits per heavy atom. The number of rotatable bonds is 1. The van der Waals surface area contributed by atoms with Gasteiger partial charge in [-0.2, -0.15) is 0 Å². The van der Waals surface area contributed by atoms with Crippen molar-refractivity contribution in [3.63, 3.8) is 0 Å². The fraction of sp³-hybridized carbons (Fsp3) is 0.214. The third-order valence-electron chi connectivity index (χ3n) is 3.42. The maximum absolute atomic E-state index is 11.6. The number of aromatic nitrogens is 3. The molecule has 2 aromatic heterocycles. The van der Waals surface area contributed by atoms with Crippen LogP contribution in [0.5, 0.6) is 0 Å². The molecule has 102 valence electrons. The molecule has 0 unspecified atom stereocenters. The van der Waals surface area contributed by atoms with Crippen molar-refractivity contribution in [2.24, 2.45) is 0 Å². The molecule has 0 amide bonds. The number of benzene rings is 1. The third-order valence-corrected chi connectivity index (χ3v) is 3.42. The Morgan fingerprint density at radius 2 is 1.75 bits per heavy atom. The van der Waals surface area contributed by atoms with E-state index in [-0.39, 0.29) is 0 Å². The van der Waals surface area contributed by atoms with Gasteiger partial charge in [-0.25, -0.2) is 0 Å². The average Bonchev–Trinajstić information content (AvgIpc) is 2.80. The summed E-state index contributed by atoms with van der Waals surface area (Å²) in [5, 5.41) is 4.00. The summed E-state index contributed by atoms with van der Waals surface area (Å²) in [6, 6.07) is 3.63. The SMILES string of the molecule is Cc1cc(-c2c(C)c(C)cc3[nH]c(=O)c(=O)[nH]c23)no1. The first-order chi connectivity index (χ1) is 9.47. The molecule has 6 nitrogen and oxygen atoms in total. The molecule has 0 spiro atoms. The summed E-state index contributed by atoms with van der Waals surface area (Å²) in [5.74, 6) is 0.681. The van der Waals surface area contributed by atoms with E-state index in [4.69, 9.17) is 4.52 Å². The molecule has 0 saturated heterocycles. The Balaban J connectivity index is 2.51. The zero-order chi connectivity index (χ0) is 14.4. The van der Waals surface area contributed by atoms with Crippen LogP contribution in [0.15, 0.2) is 26.2 Å². The van der Waals surface area contributed by atoms with Crippen LogP contribution in [0.4, 0.5) is 0 Å². The van der Waals surface area contributed by atoms with Crippen molar-refractivity contribution in [3.05, 3.63) is 49.7 Å². The minimum Gasteiger partial charge on any atom is -0.361 e. The first-order valence-electron chi connectivity index (χ1n) is 6.17. The summed E-state index contributed by atoms with van der Waals surface area (Å²) in [4.78, 5) is 28.2. The molecule has 0 bridgehead atoms. The quantitative estimate of drug-likeness (QED) is 0.660. The lowest BCUT2D eigenvalue weighted by atomic mass is 9.98. The Hall–Kier alpha value is -2.63. The summed E-state index contributed by atoms with van der Waals surface area (Å²) >= 11 is 0. The minimum atomic E-state index is -0.679. The van der Waals surface area contributed by atoms with Gasteiger partial charge in [0.15, 0.2) is 0 Å². The van der Waals surface area contributed by atoms with E-state index >= 15 is 0 Å². The van der Waals surface area contributed by atoms with Crippen molar-refractivity contribution in [1.29, 1.82) is 0 Å². The molecule has 6 heteroatoms. The van der Waals surface area contributed by atoms with Crippen LogP contribution in [-0.4, -0.2) is 15.1 Å². The standard InChI is InChI=1S/C14H13N3O3/c1-6-4-10-12(16-14(19)13(18)15-10)11(8(6)3)9-5-7(2)20-17-9/h4-5H,1-3H3,(H,15,18)(H,16,19). The van der Waals surface area contributed by atoms with Crippen molar-refractivity contribution in [2.75, 3.05) is 0 Å². The maximum Gasteiger partial charge on any atom is 0.314 e. The molecular formula is C14H13N3O3. The van der Waals surface area contributed by atoms with Crippen LogP contribution < -0.4 is 11.1 Å². The second-order valence-corrected chi connectivity index (χ2v) is 4.85. The monoisotopic (exact) mass is 271 g/mol. The van der Waals surface area contributed by atoms with Crippen molar-refractivity contribution in [1.82, 2.24) is 15.1 Å². The molecule has 0 aliphatic heterocycles. The second-order valence-electron chi connectivity index (χ2n) is 4.85. The Kier molecular flexibility index (Phi) is 2.60. The number of nitrogens with one attached hydrogen (secondary N) is 2. The zero-order valence-electron chi connectivity index (χ0n) is 11.3. The van der Waals surface area contributed by atoms with Crippen LogP contribution in [0.25, 0.3) is 22.3 Å². The molecule has 0 fully saturated rings. The van der Waals surface area contributed by atoms with E-state index in [0.717, 1.165) is 16.7 Å². The van der Waals surface area contributed by atoms with Gasteiger partial charge in [-0.05, 0) is 38.0 Å². The summed E-state index contributed by atoms with van der Waals surface area (Å²) in [6.07, 6.45) is 0. The molecule has 2 N–H and O–H groups in total. The summed E-state index contributed by atoms with van der Waals surface area (Å²) in [6.45, 7) is 5.68. The lowest BCUT2D eigenvalue weighted by Crippen LogP contribution is -2.29. The number of hydrogen-bond donors (Lipinski definition) is 2. The molecule has 0 aliphatic carbocycles. The number of H-pyrrole nitrogens is 2. The largest absolute Gasteiger partial charge is 0.361 e. The van der Waals surface area contributed by atoms with Crippen molar-refractivity contribution in [3.8, 4) is 11.3 Å². The van der Waals surface area contributed by atoms with E-state index in [1.807, 2.05) is 19.9 Å². The average molecular weight is 271 g/mol. The van der Waals surface area contributed by atoms with E-state index < -0.39 is 11.1 Å². The van der Waals surface area contributed by atoms with E-state index in [9.17, 15) is 9.59 Å². The lowest BCUT2D eigenvalue weighted by Gasteiger charge is -2.10. The predicted molar refractivity (Wildman–Crippen MR) is 74.9 cm³/mol. The number of hydrogen-bond acceptors (Lipinski definition) is 4. The highest BCUT2D eigenvalue weighted by molar-refractivity contribution is 5.93. The highest BCUT2D eigenvalue weighted by Crippen LogP contribution is 2.30. The van der Waals surface area contributed by atoms with Crippen LogP contribution in [0.3, 0.4) is 0 Å². The molecule has 2 heterocycles. The van der Waals surface area contributed by atoms with Crippen LogP contribution >= 0.6 is 0 Å². The maximum atomic E-state index is 11.6. The molecule has 0 atom stereocenters. The van der Waals surface area contributed by atoms with E-state index in [0.29, 0.717) is 22.5 Å². The molecular weight excluding hydrogens is 258 g/mol. The van der Waals surface area contributed by atoms with Gasteiger partial charge in [0.05, 0.1) is 11.0 Å². The van der Waals surface area contributed by atoms with Gasteiger partial charge in [-0.1, -0.05) is 5.16 Å². The topological polar surface area (TPSA) is 91.8 Å². The Bertz CT molecular complexity index is 931. The highest BCUT2D eigenvalue weighted by Gasteiger charge is 2.15. The van der Waals surface area contributed by atoms with E-state index in [1.54, 1.807) is 13.0 Å². The smallest absolute Gasteiger partial charge is 0.314 e. The molecule has 0 radical (unpaired) electrons. The second kappa shape index (κ2) is 4.19. The number of aromatic amines is 2. The van der Waals surface area contributed by atoms with Crippen molar-refractivity contribution >= 4 is 11.0 Å². The van der Waals surface area contributed by atoms with Crippen LogP contribution in [0.2, 0.25) is 0 Å². The van der Waals surface area contributed by atoms with Gasteiger partial charge in [-0.15, -0.1) is 0 Å². The van der Waals surface area contributed by atoms with Gasteiger partial charge in [0.25, 0.3) is 0 Å². The zero-order valence-corrected chi connectivity index (χ0v) is 11.3. The first-order valence-corrected chi connectivity index (χ1v) is 6.17. The molecule has 20 heavy (non-hydrogen) atoms. The summed E-state index contributed by atoms with van der Waals surface area (Å²) in [5.41, 5.74) is 3.18. The minimum absolute atomic E-state index is 0.561. The molecule has 3 rings (SSSR count). The van der Waals surface area contributed by atoms with Crippen LogP contribution in [0, 0.1) is 20.8 Å². The molecule has 0 saturated carbocycles. The van der Waals surface area contributed by atoms with E-state index in [1.165, 1.54) is 0 Å². The van der Waals surface area contributed by atoms with Gasteiger partial charge in [0.1, 0.15) is 11.5 Å². The highest BCUT2D eigenvalue weighted by atomic mass is 16.5. The summed E-state index contributed by atoms with van der Waals surface area (Å²) in [7, 11) is 0.